The number of benzene rings is 1. The third-order valence-electron chi connectivity index (χ3n) is 6.11. The number of rotatable bonds is 4. The quantitative estimate of drug-likeness (QED) is 0.509. The van der Waals surface area contributed by atoms with Crippen molar-refractivity contribution in [3.05, 3.63) is 63.5 Å². The van der Waals surface area contributed by atoms with Crippen molar-refractivity contribution in [1.82, 2.24) is 4.98 Å². The number of aromatic nitrogens is 1. The van der Waals surface area contributed by atoms with Crippen LogP contribution in [0.2, 0.25) is 0 Å². The minimum absolute atomic E-state index is 0.0346. The number of hydrogen-bond donors (Lipinski definition) is 2. The van der Waals surface area contributed by atoms with Gasteiger partial charge in [0.05, 0.1) is 6.10 Å². The minimum atomic E-state index is -0.737. The molecule has 32 heavy (non-hydrogen) atoms. The molecule has 3 rings (SSSR count). The Morgan fingerprint density at radius 1 is 0.906 bits per heavy atom. The lowest BCUT2D eigenvalue weighted by molar-refractivity contribution is 0.0968. The van der Waals surface area contributed by atoms with Gasteiger partial charge in [-0.3, -0.25) is 4.98 Å². The van der Waals surface area contributed by atoms with E-state index in [1.807, 2.05) is 46.8 Å². The van der Waals surface area contributed by atoms with Gasteiger partial charge in [-0.2, -0.15) is 0 Å². The highest BCUT2D eigenvalue weighted by molar-refractivity contribution is 5.48. The van der Waals surface area contributed by atoms with E-state index in [2.05, 4.69) is 53.7 Å². The number of pyridine rings is 1. The molecular formula is C29H47NO2. The first-order valence-electron chi connectivity index (χ1n) is 12.5. The molecule has 1 aliphatic carbocycles. The molecule has 0 radical (unpaired) electrons. The highest BCUT2D eigenvalue weighted by Crippen LogP contribution is 2.44. The fraction of sp³-hybridized carbons (Fsp3) is 0.621. The first-order valence-corrected chi connectivity index (χ1v) is 12.5. The molecule has 2 N–H and O–H groups in total. The van der Waals surface area contributed by atoms with Crippen LogP contribution in [0.15, 0.2) is 24.3 Å². The number of aliphatic hydroxyl groups is 2. The predicted molar refractivity (Wildman–Crippen MR) is 137 cm³/mol. The van der Waals surface area contributed by atoms with Crippen molar-refractivity contribution >= 4 is 0 Å². The van der Waals surface area contributed by atoms with E-state index in [4.69, 9.17) is 4.98 Å². The zero-order chi connectivity index (χ0) is 24.8. The second kappa shape index (κ2) is 12.0. The molecule has 2 unspecified atom stereocenters. The lowest BCUT2D eigenvalue weighted by atomic mass is 9.72. The summed E-state index contributed by atoms with van der Waals surface area (Å²) >= 11 is 0. The van der Waals surface area contributed by atoms with Crippen molar-refractivity contribution in [1.29, 1.82) is 0 Å². The summed E-state index contributed by atoms with van der Waals surface area (Å²) in [6.07, 6.45) is 0.321. The molecule has 1 aromatic carbocycles. The SMILES string of the molecule is CC.CC.Cc1c2c(nc(C(C)C)c1C(O)c1ccc(C(C)C)cc1)CC(C)(C)CC2O. The van der Waals surface area contributed by atoms with E-state index in [-0.39, 0.29) is 11.3 Å². The summed E-state index contributed by atoms with van der Waals surface area (Å²) in [6, 6.07) is 8.22. The van der Waals surface area contributed by atoms with Crippen LogP contribution in [0.5, 0.6) is 0 Å². The molecule has 0 saturated carbocycles. The number of fused-ring (bicyclic) bond motifs is 1. The maximum absolute atomic E-state index is 11.3. The third-order valence-corrected chi connectivity index (χ3v) is 6.11. The molecule has 0 aliphatic heterocycles. The van der Waals surface area contributed by atoms with Crippen LogP contribution >= 0.6 is 0 Å². The van der Waals surface area contributed by atoms with Gasteiger partial charge in [0.25, 0.3) is 0 Å². The van der Waals surface area contributed by atoms with Gasteiger partial charge in [-0.05, 0) is 53.7 Å². The van der Waals surface area contributed by atoms with Crippen LogP contribution in [0.1, 0.15) is 139 Å². The normalized spacial score (nSPS) is 17.7. The van der Waals surface area contributed by atoms with Gasteiger partial charge >= 0.3 is 0 Å². The fourth-order valence-electron chi connectivity index (χ4n) is 4.56. The van der Waals surface area contributed by atoms with E-state index in [9.17, 15) is 10.2 Å². The maximum atomic E-state index is 11.3. The van der Waals surface area contributed by atoms with Crippen LogP contribution in [0.25, 0.3) is 0 Å². The standard InChI is InChI=1S/C25H35NO2.2C2H6/c1-14(2)17-8-10-18(11-9-17)24(28)22-16(5)21-19(26-23(22)15(3)4)12-25(6,7)13-20(21)27;2*1-2/h8-11,14-15,20,24,27-28H,12-13H2,1-7H3;2*1-2H3. The van der Waals surface area contributed by atoms with Gasteiger partial charge in [-0.15, -0.1) is 0 Å². The van der Waals surface area contributed by atoms with Crippen LogP contribution in [0, 0.1) is 12.3 Å². The summed E-state index contributed by atoms with van der Waals surface area (Å²) in [4.78, 5) is 4.99. The number of nitrogens with zero attached hydrogens (tertiary/aromatic N) is 1. The van der Waals surface area contributed by atoms with E-state index in [1.165, 1.54) is 5.56 Å². The Kier molecular flexibility index (Phi) is 10.6. The van der Waals surface area contributed by atoms with Crippen LogP contribution in [-0.4, -0.2) is 15.2 Å². The average Bonchev–Trinajstić information content (AvgIpc) is 2.74. The molecular weight excluding hydrogens is 394 g/mol. The fourth-order valence-corrected chi connectivity index (χ4v) is 4.56. The molecule has 2 aromatic rings. The van der Waals surface area contributed by atoms with Gasteiger partial charge in [0.1, 0.15) is 6.10 Å². The zero-order valence-electron chi connectivity index (χ0n) is 22.4. The minimum Gasteiger partial charge on any atom is -0.388 e. The second-order valence-corrected chi connectivity index (χ2v) is 9.84. The Hall–Kier alpha value is -1.71. The molecule has 2 atom stereocenters. The van der Waals surface area contributed by atoms with Gasteiger partial charge in [0.2, 0.25) is 0 Å². The summed E-state index contributed by atoms with van der Waals surface area (Å²) in [5.41, 5.74) is 6.91. The Morgan fingerprint density at radius 3 is 1.88 bits per heavy atom. The second-order valence-electron chi connectivity index (χ2n) is 9.84. The Balaban J connectivity index is 0.00000121. The van der Waals surface area contributed by atoms with Gasteiger partial charge in [0, 0.05) is 22.5 Å². The molecule has 180 valence electrons. The third kappa shape index (κ3) is 6.20. The summed E-state index contributed by atoms with van der Waals surface area (Å²) in [6.45, 7) is 23.0. The van der Waals surface area contributed by atoms with Gasteiger partial charge in [-0.25, -0.2) is 0 Å². The monoisotopic (exact) mass is 441 g/mol. The number of hydrogen-bond acceptors (Lipinski definition) is 3. The smallest absolute Gasteiger partial charge is 0.106 e. The predicted octanol–water partition coefficient (Wildman–Crippen LogP) is 7.78. The molecule has 0 fully saturated rings. The largest absolute Gasteiger partial charge is 0.388 e. The highest BCUT2D eigenvalue weighted by Gasteiger charge is 2.36. The summed E-state index contributed by atoms with van der Waals surface area (Å²) in [5.74, 6) is 0.661. The Bertz CT molecular complexity index is 850. The summed E-state index contributed by atoms with van der Waals surface area (Å²) in [7, 11) is 0. The van der Waals surface area contributed by atoms with Crippen LogP contribution in [0.4, 0.5) is 0 Å². The molecule has 0 bridgehead atoms. The summed E-state index contributed by atoms with van der Waals surface area (Å²) < 4.78 is 0. The zero-order valence-corrected chi connectivity index (χ0v) is 22.4. The van der Waals surface area contributed by atoms with E-state index >= 15 is 0 Å². The first kappa shape index (κ1) is 28.3. The van der Waals surface area contributed by atoms with Crippen molar-refractivity contribution < 1.29 is 10.2 Å². The van der Waals surface area contributed by atoms with E-state index in [0.717, 1.165) is 46.5 Å². The first-order chi connectivity index (χ1) is 15.0. The van der Waals surface area contributed by atoms with Crippen molar-refractivity contribution in [3.63, 3.8) is 0 Å². The molecule has 1 heterocycles. The van der Waals surface area contributed by atoms with Crippen LogP contribution in [-0.2, 0) is 6.42 Å². The van der Waals surface area contributed by atoms with Crippen LogP contribution < -0.4 is 0 Å². The van der Waals surface area contributed by atoms with E-state index in [1.54, 1.807) is 0 Å². The lowest BCUT2D eigenvalue weighted by Crippen LogP contribution is -2.29. The highest BCUT2D eigenvalue weighted by atomic mass is 16.3. The van der Waals surface area contributed by atoms with Crippen molar-refractivity contribution in [3.8, 4) is 0 Å². The van der Waals surface area contributed by atoms with E-state index < -0.39 is 12.2 Å². The van der Waals surface area contributed by atoms with Gasteiger partial charge < -0.3 is 10.2 Å². The number of aliphatic hydroxyl groups excluding tert-OH is 2. The van der Waals surface area contributed by atoms with Crippen molar-refractivity contribution in [2.45, 2.75) is 113 Å². The Morgan fingerprint density at radius 2 is 1.41 bits per heavy atom. The molecule has 1 aliphatic rings. The summed E-state index contributed by atoms with van der Waals surface area (Å²) in [5, 5.41) is 22.2. The molecule has 3 nitrogen and oxygen atoms in total. The van der Waals surface area contributed by atoms with Gasteiger partial charge in [-0.1, -0.05) is 93.5 Å². The molecule has 3 heteroatoms. The topological polar surface area (TPSA) is 53.4 Å². The maximum Gasteiger partial charge on any atom is 0.106 e. The van der Waals surface area contributed by atoms with Crippen molar-refractivity contribution in [2.24, 2.45) is 5.41 Å². The molecule has 0 spiro atoms. The molecule has 0 saturated heterocycles. The van der Waals surface area contributed by atoms with Gasteiger partial charge in [0.15, 0.2) is 0 Å². The van der Waals surface area contributed by atoms with Crippen LogP contribution in [0.3, 0.4) is 0 Å². The average molecular weight is 442 g/mol. The molecule has 1 aromatic heterocycles. The molecule has 0 amide bonds. The van der Waals surface area contributed by atoms with Crippen molar-refractivity contribution in [2.75, 3.05) is 0 Å². The Labute approximate surface area is 197 Å². The van der Waals surface area contributed by atoms with E-state index in [0.29, 0.717) is 5.92 Å². The lowest BCUT2D eigenvalue weighted by Gasteiger charge is -2.36.